The van der Waals surface area contributed by atoms with E-state index in [1.807, 2.05) is 30.3 Å². The Morgan fingerprint density at radius 3 is 2.76 bits per heavy atom. The van der Waals surface area contributed by atoms with Crippen LogP contribution in [0, 0.1) is 0 Å². The Bertz CT molecular complexity index is 632. The van der Waals surface area contributed by atoms with Gasteiger partial charge < -0.3 is 20.5 Å². The van der Waals surface area contributed by atoms with Gasteiger partial charge in [-0.3, -0.25) is 9.59 Å². The molecule has 0 radical (unpaired) electrons. The summed E-state index contributed by atoms with van der Waals surface area (Å²) in [6.07, 6.45) is 2.09. The van der Waals surface area contributed by atoms with Crippen LogP contribution in [0.1, 0.15) is 24.8 Å². The zero-order valence-corrected chi connectivity index (χ0v) is 13.7. The molecule has 8 heteroatoms. The Hall–Kier alpha value is -2.90. The molecule has 2 amide bonds. The quantitative estimate of drug-likeness (QED) is 0.416. The van der Waals surface area contributed by atoms with Crippen molar-refractivity contribution in [1.82, 2.24) is 10.6 Å². The average Bonchev–Trinajstić information content (AvgIpc) is 3.11. The smallest absolute Gasteiger partial charge is 0.326 e. The van der Waals surface area contributed by atoms with Crippen LogP contribution in [0.5, 0.6) is 0 Å². The summed E-state index contributed by atoms with van der Waals surface area (Å²) >= 11 is 0. The van der Waals surface area contributed by atoms with Crippen LogP contribution in [0.3, 0.4) is 0 Å². The van der Waals surface area contributed by atoms with Crippen LogP contribution >= 0.6 is 0 Å². The number of ether oxygens (including phenoxy) is 1. The molecular weight excluding hydrogens is 326 g/mol. The van der Waals surface area contributed by atoms with Gasteiger partial charge >= 0.3 is 5.97 Å². The summed E-state index contributed by atoms with van der Waals surface area (Å²) in [6.45, 7) is 0.566. The van der Waals surface area contributed by atoms with Crippen LogP contribution in [0.15, 0.2) is 35.3 Å². The van der Waals surface area contributed by atoms with Crippen LogP contribution in [-0.2, 0) is 19.1 Å². The molecule has 0 aliphatic carbocycles. The van der Waals surface area contributed by atoms with Crippen molar-refractivity contribution in [3.05, 3.63) is 35.9 Å². The predicted octanol–water partition coefficient (Wildman–Crippen LogP) is 0.318. The highest BCUT2D eigenvalue weighted by Crippen LogP contribution is 2.12. The molecule has 0 saturated carbocycles. The van der Waals surface area contributed by atoms with Gasteiger partial charge in [-0.2, -0.15) is 0 Å². The number of carboxylic acids is 1. The van der Waals surface area contributed by atoms with E-state index in [1.165, 1.54) is 0 Å². The number of nitrogens with zero attached hydrogens (tertiary/aromatic N) is 1. The summed E-state index contributed by atoms with van der Waals surface area (Å²) in [6, 6.07) is 7.46. The van der Waals surface area contributed by atoms with Gasteiger partial charge in [-0.05, 0) is 31.4 Å². The average molecular weight is 347 g/mol. The SMILES string of the molecule is O=CNCCCC[C@H](NC(=O)[C@@H]1COC(c2ccccc2)=N1)C(=O)O. The van der Waals surface area contributed by atoms with Gasteiger partial charge in [0.1, 0.15) is 12.6 Å². The summed E-state index contributed by atoms with van der Waals surface area (Å²) in [5, 5.41) is 14.3. The minimum absolute atomic E-state index is 0.0889. The maximum atomic E-state index is 12.3. The number of aliphatic imine (C=N–C) groups is 1. The zero-order chi connectivity index (χ0) is 18.1. The molecule has 3 N–H and O–H groups in total. The number of benzene rings is 1. The standard InChI is InChI=1S/C17H21N3O5/c21-11-18-9-5-4-8-13(17(23)24)19-15(22)14-10-25-16(20-14)12-6-2-1-3-7-12/h1-3,6-7,11,13-14H,4-5,8-10H2,(H,18,21)(H,19,22)(H,23,24)/t13-,14-/m0/s1. The Kier molecular flexibility index (Phi) is 6.94. The van der Waals surface area contributed by atoms with Crippen LogP contribution in [0.2, 0.25) is 0 Å². The molecular formula is C17H21N3O5. The van der Waals surface area contributed by atoms with Gasteiger partial charge in [0.05, 0.1) is 0 Å². The lowest BCUT2D eigenvalue weighted by atomic mass is 10.1. The number of amides is 2. The van der Waals surface area contributed by atoms with E-state index in [-0.39, 0.29) is 13.0 Å². The molecule has 0 unspecified atom stereocenters. The summed E-state index contributed by atoms with van der Waals surface area (Å²) in [5.41, 5.74) is 0.773. The molecule has 0 aromatic heterocycles. The minimum Gasteiger partial charge on any atom is -0.480 e. The van der Waals surface area contributed by atoms with Crippen LogP contribution in [0.4, 0.5) is 0 Å². The third kappa shape index (κ3) is 5.59. The second kappa shape index (κ2) is 9.41. The molecule has 8 nitrogen and oxygen atoms in total. The lowest BCUT2D eigenvalue weighted by Gasteiger charge is -2.15. The van der Waals surface area contributed by atoms with Crippen LogP contribution in [-0.4, -0.2) is 54.5 Å². The second-order valence-corrected chi connectivity index (χ2v) is 5.59. The molecule has 25 heavy (non-hydrogen) atoms. The molecule has 0 saturated heterocycles. The van der Waals surface area contributed by atoms with Gasteiger partial charge in [-0.15, -0.1) is 0 Å². The van der Waals surface area contributed by atoms with Crippen LogP contribution < -0.4 is 10.6 Å². The molecule has 1 aromatic carbocycles. The number of carbonyl (C=O) groups is 3. The van der Waals surface area contributed by atoms with E-state index in [9.17, 15) is 19.5 Å². The van der Waals surface area contributed by atoms with E-state index in [0.717, 1.165) is 5.56 Å². The fourth-order valence-corrected chi connectivity index (χ4v) is 2.41. The molecule has 1 aliphatic rings. The lowest BCUT2D eigenvalue weighted by molar-refractivity contribution is -0.142. The maximum Gasteiger partial charge on any atom is 0.326 e. The molecule has 2 rings (SSSR count). The van der Waals surface area contributed by atoms with Crippen molar-refractivity contribution in [3.8, 4) is 0 Å². The Labute approximate surface area is 145 Å². The Balaban J connectivity index is 1.87. The minimum atomic E-state index is -1.09. The number of carbonyl (C=O) groups excluding carboxylic acids is 2. The molecule has 1 heterocycles. The molecule has 0 fully saturated rings. The van der Waals surface area contributed by atoms with Crippen molar-refractivity contribution in [3.63, 3.8) is 0 Å². The molecule has 1 aromatic rings. The number of aliphatic carboxylic acids is 1. The Morgan fingerprint density at radius 2 is 2.08 bits per heavy atom. The van der Waals surface area contributed by atoms with Gasteiger partial charge in [-0.25, -0.2) is 9.79 Å². The fourth-order valence-electron chi connectivity index (χ4n) is 2.41. The van der Waals surface area contributed by atoms with Gasteiger partial charge in [0.15, 0.2) is 6.04 Å². The number of carboxylic acid groups (broad SMARTS) is 1. The third-order valence-corrected chi connectivity index (χ3v) is 3.74. The second-order valence-electron chi connectivity index (χ2n) is 5.59. The topological polar surface area (TPSA) is 117 Å². The highest BCUT2D eigenvalue weighted by Gasteiger charge is 2.29. The maximum absolute atomic E-state index is 12.3. The molecule has 2 atom stereocenters. The van der Waals surface area contributed by atoms with Crippen LogP contribution in [0.25, 0.3) is 0 Å². The highest BCUT2D eigenvalue weighted by molar-refractivity contribution is 5.98. The zero-order valence-electron chi connectivity index (χ0n) is 13.7. The normalized spacial score (nSPS) is 17.1. The molecule has 0 spiro atoms. The fraction of sp³-hybridized carbons (Fsp3) is 0.412. The lowest BCUT2D eigenvalue weighted by Crippen LogP contribution is -2.45. The number of rotatable bonds is 10. The van der Waals surface area contributed by atoms with Crippen molar-refractivity contribution in [1.29, 1.82) is 0 Å². The van der Waals surface area contributed by atoms with Gasteiger partial charge in [0, 0.05) is 12.1 Å². The van der Waals surface area contributed by atoms with E-state index in [0.29, 0.717) is 31.7 Å². The molecule has 134 valence electrons. The number of unbranched alkanes of at least 4 members (excludes halogenated alkanes) is 1. The van der Waals surface area contributed by atoms with Gasteiger partial charge in [0.2, 0.25) is 18.2 Å². The summed E-state index contributed by atoms with van der Waals surface area (Å²) in [7, 11) is 0. The van der Waals surface area contributed by atoms with E-state index in [4.69, 9.17) is 4.74 Å². The van der Waals surface area contributed by atoms with Crippen molar-refractivity contribution in [2.24, 2.45) is 4.99 Å². The first-order valence-corrected chi connectivity index (χ1v) is 8.08. The van der Waals surface area contributed by atoms with E-state index >= 15 is 0 Å². The Morgan fingerprint density at radius 1 is 1.32 bits per heavy atom. The summed E-state index contributed by atoms with van der Waals surface area (Å²) < 4.78 is 5.44. The van der Waals surface area contributed by atoms with E-state index < -0.39 is 24.0 Å². The predicted molar refractivity (Wildman–Crippen MR) is 90.2 cm³/mol. The molecule has 0 bridgehead atoms. The van der Waals surface area contributed by atoms with Crippen molar-refractivity contribution < 1.29 is 24.2 Å². The number of hydrogen-bond donors (Lipinski definition) is 3. The first kappa shape index (κ1) is 18.4. The van der Waals surface area contributed by atoms with E-state index in [1.54, 1.807) is 0 Å². The largest absolute Gasteiger partial charge is 0.480 e. The molecule has 1 aliphatic heterocycles. The highest BCUT2D eigenvalue weighted by atomic mass is 16.5. The van der Waals surface area contributed by atoms with Crippen molar-refractivity contribution >= 4 is 24.2 Å². The first-order chi connectivity index (χ1) is 12.1. The number of hydrogen-bond acceptors (Lipinski definition) is 5. The van der Waals surface area contributed by atoms with Gasteiger partial charge in [-0.1, -0.05) is 18.2 Å². The third-order valence-electron chi connectivity index (χ3n) is 3.74. The van der Waals surface area contributed by atoms with Crippen molar-refractivity contribution in [2.45, 2.75) is 31.3 Å². The monoisotopic (exact) mass is 347 g/mol. The number of nitrogens with one attached hydrogen (secondary N) is 2. The van der Waals surface area contributed by atoms with E-state index in [2.05, 4.69) is 15.6 Å². The first-order valence-electron chi connectivity index (χ1n) is 8.08. The summed E-state index contributed by atoms with van der Waals surface area (Å²) in [5.74, 6) is -1.18. The van der Waals surface area contributed by atoms with Gasteiger partial charge in [0.25, 0.3) is 0 Å². The summed E-state index contributed by atoms with van der Waals surface area (Å²) in [4.78, 5) is 37.9. The van der Waals surface area contributed by atoms with Crippen molar-refractivity contribution in [2.75, 3.05) is 13.2 Å².